The van der Waals surface area contributed by atoms with Crippen LogP contribution in [0.3, 0.4) is 0 Å². The van der Waals surface area contributed by atoms with Crippen LogP contribution < -0.4 is 4.74 Å². The molecule has 0 saturated heterocycles. The third kappa shape index (κ3) is 5.30. The highest BCUT2D eigenvalue weighted by Crippen LogP contribution is 2.30. The zero-order valence-electron chi connectivity index (χ0n) is 14.9. The van der Waals surface area contributed by atoms with Crippen LogP contribution in [0.5, 0.6) is 5.75 Å². The molecule has 144 valence electrons. The quantitative estimate of drug-likeness (QED) is 0.331. The molecular weight excluding hydrogens is 381 g/mol. The van der Waals surface area contributed by atoms with Crippen LogP contribution in [0.2, 0.25) is 0 Å². The Bertz CT molecular complexity index is 1060. The molecule has 0 amide bonds. The Labute approximate surface area is 164 Å². The summed E-state index contributed by atoms with van der Waals surface area (Å²) in [5.41, 5.74) is 1.09. The average molecular weight is 394 g/mol. The highest BCUT2D eigenvalue weighted by Gasteiger charge is 2.29. The Morgan fingerprint density at radius 2 is 1.55 bits per heavy atom. The van der Waals surface area contributed by atoms with E-state index in [-0.39, 0.29) is 0 Å². The molecule has 0 radical (unpaired) electrons. The largest absolute Gasteiger partial charge is 0.423 e. The van der Waals surface area contributed by atoms with Crippen LogP contribution in [-0.4, -0.2) is 12.2 Å². The lowest BCUT2D eigenvalue weighted by Crippen LogP contribution is -2.08. The topological polar surface area (TPSA) is 62.5 Å². The average Bonchev–Trinajstić information content (AvgIpc) is 2.73. The molecule has 3 rings (SSSR count). The molecule has 0 bridgehead atoms. The molecule has 4 nitrogen and oxygen atoms in total. The summed E-state index contributed by atoms with van der Waals surface area (Å²) >= 11 is 0. The number of ether oxygens (including phenoxy) is 1. The van der Waals surface area contributed by atoms with Crippen molar-refractivity contribution in [3.8, 4) is 11.8 Å². The number of nitrogens with zero attached hydrogens (tertiary/aromatic N) is 2. The van der Waals surface area contributed by atoms with Crippen molar-refractivity contribution in [2.75, 3.05) is 0 Å². The van der Waals surface area contributed by atoms with Gasteiger partial charge in [0.1, 0.15) is 5.75 Å². The van der Waals surface area contributed by atoms with Gasteiger partial charge in [0.2, 0.25) is 0 Å². The van der Waals surface area contributed by atoms with E-state index in [2.05, 4.69) is 4.99 Å². The van der Waals surface area contributed by atoms with Crippen LogP contribution in [0.15, 0.2) is 77.8 Å². The predicted octanol–water partition coefficient (Wildman–Crippen LogP) is 5.55. The Morgan fingerprint density at radius 1 is 0.931 bits per heavy atom. The van der Waals surface area contributed by atoms with Crippen LogP contribution in [0.25, 0.3) is 0 Å². The Kier molecular flexibility index (Phi) is 5.74. The van der Waals surface area contributed by atoms with Gasteiger partial charge < -0.3 is 4.74 Å². The number of halogens is 3. The minimum Gasteiger partial charge on any atom is -0.423 e. The van der Waals surface area contributed by atoms with E-state index < -0.39 is 17.7 Å². The number of alkyl halides is 3. The van der Waals surface area contributed by atoms with Gasteiger partial charge in [0.15, 0.2) is 0 Å². The molecular formula is C22H13F3N2O2. The number of benzene rings is 3. The van der Waals surface area contributed by atoms with Gasteiger partial charge in [0.05, 0.1) is 28.4 Å². The van der Waals surface area contributed by atoms with Crippen LogP contribution in [0.4, 0.5) is 18.9 Å². The van der Waals surface area contributed by atoms with Crippen LogP contribution in [0, 0.1) is 11.3 Å². The standard InChI is InChI=1S/C22H13F3N2O2/c23-22(24,25)18-7-9-19(10-8-18)27-14-16-3-11-20(12-4-16)29-21(28)17-5-1-15(13-26)2-6-17/h1-12,14H. The number of hydrogen-bond acceptors (Lipinski definition) is 4. The van der Waals surface area contributed by atoms with Gasteiger partial charge in [0, 0.05) is 6.21 Å². The molecule has 0 aliphatic rings. The van der Waals surface area contributed by atoms with Crippen LogP contribution in [-0.2, 0) is 6.18 Å². The number of nitriles is 1. The molecule has 0 unspecified atom stereocenters. The molecule has 3 aromatic rings. The maximum absolute atomic E-state index is 12.6. The van der Waals surface area contributed by atoms with Crippen molar-refractivity contribution in [2.24, 2.45) is 4.99 Å². The van der Waals surface area contributed by atoms with Crippen LogP contribution >= 0.6 is 0 Å². The van der Waals surface area contributed by atoms with Crippen molar-refractivity contribution < 1.29 is 22.7 Å². The molecule has 7 heteroatoms. The van der Waals surface area contributed by atoms with Crippen LogP contribution in [0.1, 0.15) is 27.0 Å². The Morgan fingerprint density at radius 3 is 2.10 bits per heavy atom. The van der Waals surface area contributed by atoms with Gasteiger partial charge in [-0.15, -0.1) is 0 Å². The zero-order valence-corrected chi connectivity index (χ0v) is 14.9. The lowest BCUT2D eigenvalue weighted by atomic mass is 10.1. The van der Waals surface area contributed by atoms with Gasteiger partial charge in [-0.3, -0.25) is 4.99 Å². The highest BCUT2D eigenvalue weighted by atomic mass is 19.4. The SMILES string of the molecule is N#Cc1ccc(C(=O)Oc2ccc(C=Nc3ccc(C(F)(F)F)cc3)cc2)cc1. The third-order valence-corrected chi connectivity index (χ3v) is 3.90. The molecule has 0 heterocycles. The monoisotopic (exact) mass is 394 g/mol. The van der Waals surface area contributed by atoms with E-state index >= 15 is 0 Å². The zero-order chi connectivity index (χ0) is 20.9. The number of rotatable bonds is 4. The lowest BCUT2D eigenvalue weighted by Gasteiger charge is -2.06. The first-order chi connectivity index (χ1) is 13.8. The number of hydrogen-bond donors (Lipinski definition) is 0. The van der Waals surface area contributed by atoms with Gasteiger partial charge >= 0.3 is 12.1 Å². The first-order valence-corrected chi connectivity index (χ1v) is 8.39. The van der Waals surface area contributed by atoms with E-state index in [0.29, 0.717) is 28.1 Å². The number of esters is 1. The summed E-state index contributed by atoms with van der Waals surface area (Å²) in [5, 5.41) is 8.77. The van der Waals surface area contributed by atoms with E-state index in [9.17, 15) is 18.0 Å². The summed E-state index contributed by atoms with van der Waals surface area (Å²) in [6.07, 6.45) is -2.89. The van der Waals surface area contributed by atoms with Crippen molar-refractivity contribution in [1.82, 2.24) is 0 Å². The summed E-state index contributed by atoms with van der Waals surface area (Å²) in [5.74, 6) is -0.230. The molecule has 3 aromatic carbocycles. The second kappa shape index (κ2) is 8.40. The fraction of sp³-hybridized carbons (Fsp3) is 0.0455. The second-order valence-corrected chi connectivity index (χ2v) is 5.95. The number of aliphatic imine (C=N–C) groups is 1. The predicted molar refractivity (Wildman–Crippen MR) is 101 cm³/mol. The number of carbonyl (C=O) groups excluding carboxylic acids is 1. The minimum atomic E-state index is -4.38. The number of carbonyl (C=O) groups is 1. The smallest absolute Gasteiger partial charge is 0.416 e. The molecule has 0 aliphatic heterocycles. The van der Waals surface area contributed by atoms with Crippen molar-refractivity contribution in [3.05, 3.63) is 95.1 Å². The van der Waals surface area contributed by atoms with Crippen molar-refractivity contribution in [2.45, 2.75) is 6.18 Å². The second-order valence-electron chi connectivity index (χ2n) is 5.95. The summed E-state index contributed by atoms with van der Waals surface area (Å²) in [4.78, 5) is 16.2. The summed E-state index contributed by atoms with van der Waals surface area (Å²) in [7, 11) is 0. The van der Waals surface area contributed by atoms with E-state index in [1.54, 1.807) is 24.3 Å². The van der Waals surface area contributed by atoms with Gasteiger partial charge in [-0.2, -0.15) is 18.4 Å². The first-order valence-electron chi connectivity index (χ1n) is 8.39. The van der Waals surface area contributed by atoms with E-state index in [1.165, 1.54) is 42.6 Å². The molecule has 0 spiro atoms. The third-order valence-electron chi connectivity index (χ3n) is 3.90. The lowest BCUT2D eigenvalue weighted by molar-refractivity contribution is -0.137. The summed E-state index contributed by atoms with van der Waals surface area (Å²) in [6, 6.07) is 19.0. The fourth-order valence-electron chi connectivity index (χ4n) is 2.35. The van der Waals surface area contributed by atoms with Crippen molar-refractivity contribution in [1.29, 1.82) is 5.26 Å². The fourth-order valence-corrected chi connectivity index (χ4v) is 2.35. The molecule has 0 aliphatic carbocycles. The molecule has 0 aromatic heterocycles. The van der Waals surface area contributed by atoms with Crippen molar-refractivity contribution >= 4 is 17.9 Å². The molecule has 0 fully saturated rings. The first kappa shape index (κ1) is 19.8. The summed E-state index contributed by atoms with van der Waals surface area (Å²) in [6.45, 7) is 0. The highest BCUT2D eigenvalue weighted by molar-refractivity contribution is 5.91. The molecule has 0 N–H and O–H groups in total. The molecule has 29 heavy (non-hydrogen) atoms. The minimum absolute atomic E-state index is 0.317. The van der Waals surface area contributed by atoms with Crippen molar-refractivity contribution in [3.63, 3.8) is 0 Å². The Hall–Kier alpha value is -3.92. The maximum Gasteiger partial charge on any atom is 0.416 e. The Balaban J connectivity index is 1.63. The van der Waals surface area contributed by atoms with E-state index in [4.69, 9.17) is 10.00 Å². The summed E-state index contributed by atoms with van der Waals surface area (Å²) < 4.78 is 42.9. The maximum atomic E-state index is 12.6. The van der Waals surface area contributed by atoms with E-state index in [0.717, 1.165) is 12.1 Å². The normalized spacial score (nSPS) is 11.2. The van der Waals surface area contributed by atoms with Gasteiger partial charge in [-0.25, -0.2) is 4.79 Å². The molecule has 0 saturated carbocycles. The van der Waals surface area contributed by atoms with Gasteiger partial charge in [-0.1, -0.05) is 0 Å². The van der Waals surface area contributed by atoms with Gasteiger partial charge in [0.25, 0.3) is 0 Å². The van der Waals surface area contributed by atoms with Gasteiger partial charge in [-0.05, 0) is 78.4 Å². The molecule has 0 atom stereocenters. The van der Waals surface area contributed by atoms with E-state index in [1.807, 2.05) is 6.07 Å².